The van der Waals surface area contributed by atoms with Crippen LogP contribution in [0.1, 0.15) is 48.4 Å². The number of rotatable bonds is 10. The van der Waals surface area contributed by atoms with Gasteiger partial charge in [0, 0.05) is 0 Å². The highest BCUT2D eigenvalue weighted by Gasteiger charge is 2.23. The number of allylic oxidation sites excluding steroid dienone is 15. The van der Waals surface area contributed by atoms with E-state index in [1.807, 2.05) is 6.08 Å². The predicted octanol–water partition coefficient (Wildman–Crippen LogP) is 15.4. The standard InChI is InChI=1S/C56H46/c1-3-50(43-25-15-7-16-26-43)54(53(46-31-11-4-5-12-32-46)41(2)42-23-13-6-14-24-42)48-35-37-49(38-36-48)56-52(45-29-19-9-20-30-45)40-39-51(44-27-17-8-18-28-44)55(56)47-33-21-10-22-34-47/h3-8,10-11,13-19,21-40H,1,9,12,20H2,2H3/b53-41+,54-50+. The highest BCUT2D eigenvalue weighted by molar-refractivity contribution is 6.08. The smallest absolute Gasteiger partial charge is 0.00206 e. The van der Waals surface area contributed by atoms with Crippen LogP contribution < -0.4 is 0 Å². The first-order valence-corrected chi connectivity index (χ1v) is 19.7. The van der Waals surface area contributed by atoms with Crippen LogP contribution >= 0.6 is 0 Å². The zero-order valence-corrected chi connectivity index (χ0v) is 32.0. The van der Waals surface area contributed by atoms with Crippen molar-refractivity contribution >= 4 is 22.3 Å². The van der Waals surface area contributed by atoms with Gasteiger partial charge in [0.2, 0.25) is 0 Å². The van der Waals surface area contributed by atoms with Gasteiger partial charge in [-0.15, -0.1) is 0 Å². The molecular formula is C56H46. The van der Waals surface area contributed by atoms with Crippen molar-refractivity contribution in [2.45, 2.75) is 26.2 Å². The number of hydrogen-bond acceptors (Lipinski definition) is 0. The predicted molar refractivity (Wildman–Crippen MR) is 243 cm³/mol. The van der Waals surface area contributed by atoms with Gasteiger partial charge in [0.25, 0.3) is 0 Å². The van der Waals surface area contributed by atoms with Gasteiger partial charge >= 0.3 is 0 Å². The molecule has 0 saturated heterocycles. The Morgan fingerprint density at radius 1 is 0.482 bits per heavy atom. The molecule has 0 N–H and O–H groups in total. The van der Waals surface area contributed by atoms with E-state index in [4.69, 9.17) is 0 Å². The van der Waals surface area contributed by atoms with Crippen LogP contribution in [0.5, 0.6) is 0 Å². The van der Waals surface area contributed by atoms with E-state index in [0.29, 0.717) is 0 Å². The molecule has 6 aromatic rings. The van der Waals surface area contributed by atoms with Crippen molar-refractivity contribution < 1.29 is 0 Å². The minimum atomic E-state index is 0.863. The minimum Gasteiger partial charge on any atom is -0.0984 e. The van der Waals surface area contributed by atoms with E-state index >= 15 is 0 Å². The summed E-state index contributed by atoms with van der Waals surface area (Å²) in [5, 5.41) is 0. The zero-order chi connectivity index (χ0) is 38.1. The lowest BCUT2D eigenvalue weighted by Crippen LogP contribution is -2.02. The lowest BCUT2D eigenvalue weighted by molar-refractivity contribution is 1.04. The fourth-order valence-electron chi connectivity index (χ4n) is 8.08. The maximum absolute atomic E-state index is 4.43. The topological polar surface area (TPSA) is 0 Å². The van der Waals surface area contributed by atoms with Crippen LogP contribution in [0.4, 0.5) is 0 Å². The summed E-state index contributed by atoms with van der Waals surface area (Å²) in [6.07, 6.45) is 23.1. The van der Waals surface area contributed by atoms with Gasteiger partial charge in [0.15, 0.2) is 0 Å². The van der Waals surface area contributed by atoms with Crippen LogP contribution in [0.25, 0.3) is 55.7 Å². The fourth-order valence-corrected chi connectivity index (χ4v) is 8.08. The second kappa shape index (κ2) is 17.1. The molecule has 0 radical (unpaired) electrons. The molecular weight excluding hydrogens is 673 g/mol. The van der Waals surface area contributed by atoms with Crippen molar-refractivity contribution in [3.8, 4) is 33.4 Å². The van der Waals surface area contributed by atoms with Crippen LogP contribution in [-0.4, -0.2) is 0 Å². The Morgan fingerprint density at radius 2 is 1.07 bits per heavy atom. The highest BCUT2D eigenvalue weighted by Crippen LogP contribution is 2.46. The molecule has 0 heterocycles. The van der Waals surface area contributed by atoms with E-state index in [9.17, 15) is 0 Å². The largest absolute Gasteiger partial charge is 0.0984 e. The molecule has 0 spiro atoms. The first kappa shape index (κ1) is 36.2. The van der Waals surface area contributed by atoms with E-state index in [2.05, 4.69) is 220 Å². The van der Waals surface area contributed by atoms with E-state index in [0.717, 1.165) is 41.5 Å². The maximum atomic E-state index is 4.43. The molecule has 0 saturated carbocycles. The second-order valence-corrected chi connectivity index (χ2v) is 14.3. The van der Waals surface area contributed by atoms with E-state index in [-0.39, 0.29) is 0 Å². The molecule has 0 aromatic heterocycles. The van der Waals surface area contributed by atoms with Gasteiger partial charge in [0.05, 0.1) is 0 Å². The van der Waals surface area contributed by atoms with Crippen LogP contribution in [0, 0.1) is 0 Å². The zero-order valence-electron chi connectivity index (χ0n) is 32.0. The summed E-state index contributed by atoms with van der Waals surface area (Å²) < 4.78 is 0. The van der Waals surface area contributed by atoms with Crippen LogP contribution in [0.3, 0.4) is 0 Å². The molecule has 56 heavy (non-hydrogen) atoms. The van der Waals surface area contributed by atoms with Gasteiger partial charge < -0.3 is 0 Å². The summed E-state index contributed by atoms with van der Waals surface area (Å²) in [6.45, 7) is 6.69. The third kappa shape index (κ3) is 7.61. The Labute approximate surface area is 332 Å². The van der Waals surface area contributed by atoms with Crippen LogP contribution in [0.2, 0.25) is 0 Å². The summed E-state index contributed by atoms with van der Waals surface area (Å²) in [5.74, 6) is 0. The highest BCUT2D eigenvalue weighted by atomic mass is 14.3. The van der Waals surface area contributed by atoms with Crippen molar-refractivity contribution in [3.63, 3.8) is 0 Å². The average molecular weight is 719 g/mol. The van der Waals surface area contributed by atoms with E-state index in [1.54, 1.807) is 0 Å². The molecule has 2 aliphatic carbocycles. The molecule has 0 unspecified atom stereocenters. The molecule has 2 aliphatic rings. The molecule has 0 nitrogen and oxygen atoms in total. The monoisotopic (exact) mass is 718 g/mol. The molecule has 270 valence electrons. The third-order valence-electron chi connectivity index (χ3n) is 10.8. The molecule has 8 rings (SSSR count). The maximum Gasteiger partial charge on any atom is -0.00206 e. The molecule has 0 amide bonds. The Balaban J connectivity index is 1.40. The van der Waals surface area contributed by atoms with Gasteiger partial charge in [-0.3, -0.25) is 0 Å². The molecule has 0 heteroatoms. The Bertz CT molecular complexity index is 2550. The SMILES string of the molecule is C=C/C(=C(\C(C1=CCC=CC=C1)=C(/C)c1ccccc1)c1ccc(-c2c(C3=CCCC=C3)ccc(-c3ccccc3)c2-c2ccccc2)cc1)c1ccccc1. The number of benzene rings is 6. The summed E-state index contributed by atoms with van der Waals surface area (Å²) in [7, 11) is 0. The fraction of sp³-hybridized carbons (Fsp3) is 0.0714. The van der Waals surface area contributed by atoms with Gasteiger partial charge in [0.1, 0.15) is 0 Å². The third-order valence-corrected chi connectivity index (χ3v) is 10.8. The molecule has 6 aromatic carbocycles. The Morgan fingerprint density at radius 3 is 1.71 bits per heavy atom. The van der Waals surface area contributed by atoms with Crippen LogP contribution in [-0.2, 0) is 0 Å². The van der Waals surface area contributed by atoms with Crippen molar-refractivity contribution in [2.75, 3.05) is 0 Å². The summed E-state index contributed by atoms with van der Waals surface area (Å²) in [4.78, 5) is 0. The first-order chi connectivity index (χ1) is 27.7. The van der Waals surface area contributed by atoms with Gasteiger partial charge in [-0.05, 0) is 115 Å². The average Bonchev–Trinajstić information content (AvgIpc) is 3.57. The van der Waals surface area contributed by atoms with Crippen molar-refractivity contribution in [1.29, 1.82) is 0 Å². The van der Waals surface area contributed by atoms with Gasteiger partial charge in [-0.2, -0.15) is 0 Å². The molecule has 0 bridgehead atoms. The molecule has 0 atom stereocenters. The summed E-state index contributed by atoms with van der Waals surface area (Å²) >= 11 is 0. The van der Waals surface area contributed by atoms with Crippen molar-refractivity contribution in [1.82, 2.24) is 0 Å². The van der Waals surface area contributed by atoms with Gasteiger partial charge in [-0.25, -0.2) is 0 Å². The second-order valence-electron chi connectivity index (χ2n) is 14.3. The quantitative estimate of drug-likeness (QED) is 0.0977. The Hall–Kier alpha value is -6.76. The van der Waals surface area contributed by atoms with E-state index in [1.165, 1.54) is 66.8 Å². The van der Waals surface area contributed by atoms with Crippen LogP contribution in [0.15, 0.2) is 230 Å². The van der Waals surface area contributed by atoms with Crippen molar-refractivity contribution in [3.05, 3.63) is 252 Å². The Kier molecular flexibility index (Phi) is 11.1. The van der Waals surface area contributed by atoms with E-state index < -0.39 is 0 Å². The first-order valence-electron chi connectivity index (χ1n) is 19.7. The number of hydrogen-bond donors (Lipinski definition) is 0. The lowest BCUT2D eigenvalue weighted by atomic mass is 9.80. The van der Waals surface area contributed by atoms with Gasteiger partial charge in [-0.1, -0.05) is 219 Å². The summed E-state index contributed by atoms with van der Waals surface area (Å²) in [6, 6.07) is 57.1. The minimum absolute atomic E-state index is 0.863. The van der Waals surface area contributed by atoms with Crippen molar-refractivity contribution in [2.24, 2.45) is 0 Å². The molecule has 0 aliphatic heterocycles. The summed E-state index contributed by atoms with van der Waals surface area (Å²) in [5.41, 5.74) is 19.2. The normalized spacial score (nSPS) is 14.6. The lowest BCUT2D eigenvalue weighted by Gasteiger charge is -2.24. The molecule has 0 fully saturated rings.